The van der Waals surface area contributed by atoms with Gasteiger partial charge < -0.3 is 19.9 Å². The Morgan fingerprint density at radius 2 is 2.03 bits per heavy atom. The van der Waals surface area contributed by atoms with Crippen molar-refractivity contribution in [3.63, 3.8) is 0 Å². The number of nitrogens with zero attached hydrogens (tertiary/aromatic N) is 3. The van der Waals surface area contributed by atoms with Crippen molar-refractivity contribution in [2.75, 3.05) is 29.9 Å². The van der Waals surface area contributed by atoms with Gasteiger partial charge >= 0.3 is 6.09 Å². The fraction of sp³-hybridized carbons (Fsp3) is 0.421. The Morgan fingerprint density at radius 3 is 2.72 bits per heavy atom. The van der Waals surface area contributed by atoms with E-state index in [1.807, 2.05) is 25.7 Å². The minimum atomic E-state index is -0.602. The van der Waals surface area contributed by atoms with E-state index in [4.69, 9.17) is 27.9 Å². The highest BCUT2D eigenvalue weighted by Gasteiger charge is 2.41. The maximum absolute atomic E-state index is 12.8. The predicted octanol–water partition coefficient (Wildman–Crippen LogP) is 4.68. The molecule has 1 aromatic carbocycles. The lowest BCUT2D eigenvalue weighted by atomic mass is 10.0. The number of aromatic nitrogens is 1. The summed E-state index contributed by atoms with van der Waals surface area (Å²) in [7, 11) is 0. The molecule has 7 nitrogen and oxygen atoms in total. The Balaban J connectivity index is 1.74. The molecule has 0 spiro atoms. The summed E-state index contributed by atoms with van der Waals surface area (Å²) >= 11 is 16.3. The molecular weight excluding hydrogens is 483 g/mol. The number of fused-ring (bicyclic) bond motifs is 5. The highest BCUT2D eigenvalue weighted by Crippen LogP contribution is 2.45. The number of rotatable bonds is 0. The van der Waals surface area contributed by atoms with Crippen LogP contribution in [0.3, 0.4) is 0 Å². The van der Waals surface area contributed by atoms with E-state index in [1.165, 1.54) is 0 Å². The molecule has 3 heterocycles. The van der Waals surface area contributed by atoms with E-state index >= 15 is 0 Å². The molecular formula is C19H19BrCl2N4O3. The van der Waals surface area contributed by atoms with Crippen LogP contribution in [0.1, 0.15) is 20.8 Å². The van der Waals surface area contributed by atoms with Crippen molar-refractivity contribution in [2.45, 2.75) is 32.4 Å². The molecule has 29 heavy (non-hydrogen) atoms. The van der Waals surface area contributed by atoms with E-state index in [-0.39, 0.29) is 12.5 Å². The first-order valence-corrected chi connectivity index (χ1v) is 10.6. The summed E-state index contributed by atoms with van der Waals surface area (Å²) in [5.74, 6) is -0.203. The van der Waals surface area contributed by atoms with Crippen LogP contribution in [-0.2, 0) is 9.53 Å². The number of pyridine rings is 1. The third-order valence-electron chi connectivity index (χ3n) is 4.85. The summed E-state index contributed by atoms with van der Waals surface area (Å²) in [5, 5.41) is 4.31. The molecule has 0 saturated carbocycles. The highest BCUT2D eigenvalue weighted by atomic mass is 79.9. The van der Waals surface area contributed by atoms with Gasteiger partial charge in [-0.1, -0.05) is 23.2 Å². The van der Waals surface area contributed by atoms with Gasteiger partial charge in [-0.25, -0.2) is 4.79 Å². The van der Waals surface area contributed by atoms with Crippen LogP contribution in [0.4, 0.5) is 16.2 Å². The summed E-state index contributed by atoms with van der Waals surface area (Å²) in [4.78, 5) is 33.2. The number of anilines is 2. The van der Waals surface area contributed by atoms with Gasteiger partial charge in [0.2, 0.25) is 5.91 Å². The van der Waals surface area contributed by atoms with Crippen molar-refractivity contribution in [3.05, 3.63) is 26.8 Å². The maximum Gasteiger partial charge on any atom is 0.410 e. The maximum atomic E-state index is 12.8. The topological polar surface area (TPSA) is 74.8 Å². The molecule has 2 amide bonds. The van der Waals surface area contributed by atoms with Crippen LogP contribution in [-0.4, -0.2) is 53.2 Å². The lowest BCUT2D eigenvalue weighted by Crippen LogP contribution is -2.61. The molecule has 2 aromatic rings. The SMILES string of the molecule is CC(C)(C)OC(=O)N1CCN2c3c(cnc4cc(Br)c(Cl)c(Cl)c34)NC(=O)[C@H]2C1. The second-order valence-electron chi connectivity index (χ2n) is 8.03. The number of benzene rings is 1. The van der Waals surface area contributed by atoms with Crippen molar-refractivity contribution in [1.82, 2.24) is 9.88 Å². The third kappa shape index (κ3) is 3.62. The van der Waals surface area contributed by atoms with Crippen molar-refractivity contribution >= 4 is 73.4 Å². The molecule has 0 bridgehead atoms. The lowest BCUT2D eigenvalue weighted by molar-refractivity contribution is -0.118. The fourth-order valence-electron chi connectivity index (χ4n) is 3.61. The van der Waals surface area contributed by atoms with Crippen LogP contribution in [0.5, 0.6) is 0 Å². The number of hydrogen-bond donors (Lipinski definition) is 1. The molecule has 1 fully saturated rings. The average Bonchev–Trinajstić information content (AvgIpc) is 2.64. The summed E-state index contributed by atoms with van der Waals surface area (Å²) in [6.45, 7) is 6.53. The van der Waals surface area contributed by atoms with Crippen LogP contribution >= 0.6 is 39.1 Å². The molecule has 1 saturated heterocycles. The molecule has 1 atom stereocenters. The van der Waals surface area contributed by atoms with Crippen LogP contribution in [0.2, 0.25) is 10.0 Å². The van der Waals surface area contributed by atoms with Gasteiger partial charge in [-0.2, -0.15) is 0 Å². The first kappa shape index (κ1) is 20.5. The van der Waals surface area contributed by atoms with Crippen molar-refractivity contribution in [2.24, 2.45) is 0 Å². The number of ether oxygens (including phenoxy) is 1. The zero-order valence-electron chi connectivity index (χ0n) is 16.1. The van der Waals surface area contributed by atoms with Gasteiger partial charge in [-0.15, -0.1) is 0 Å². The minimum Gasteiger partial charge on any atom is -0.444 e. The van der Waals surface area contributed by atoms with Gasteiger partial charge in [0.1, 0.15) is 11.6 Å². The smallest absolute Gasteiger partial charge is 0.410 e. The Bertz CT molecular complexity index is 1040. The monoisotopic (exact) mass is 500 g/mol. The summed E-state index contributed by atoms with van der Waals surface area (Å²) in [6.07, 6.45) is 1.18. The van der Waals surface area contributed by atoms with E-state index < -0.39 is 17.7 Å². The molecule has 0 aliphatic carbocycles. The van der Waals surface area contributed by atoms with Crippen molar-refractivity contribution in [3.8, 4) is 0 Å². The van der Waals surface area contributed by atoms with Crippen LogP contribution in [0, 0.1) is 0 Å². The van der Waals surface area contributed by atoms with E-state index in [9.17, 15) is 9.59 Å². The van der Waals surface area contributed by atoms with Crippen molar-refractivity contribution in [1.29, 1.82) is 0 Å². The summed E-state index contributed by atoms with van der Waals surface area (Å²) < 4.78 is 6.11. The Morgan fingerprint density at radius 1 is 1.31 bits per heavy atom. The number of piperazine rings is 1. The highest BCUT2D eigenvalue weighted by molar-refractivity contribution is 9.10. The number of carbonyl (C=O) groups is 2. The Kier molecular flexibility index (Phi) is 5.07. The van der Waals surface area contributed by atoms with Gasteiger partial charge in [-0.05, 0) is 42.8 Å². The Labute approximate surface area is 186 Å². The average molecular weight is 502 g/mol. The van der Waals surface area contributed by atoms with Gasteiger partial charge in [0.25, 0.3) is 0 Å². The second-order valence-corrected chi connectivity index (χ2v) is 9.64. The number of hydrogen-bond acceptors (Lipinski definition) is 5. The Hall–Kier alpha value is -1.77. The number of halogens is 3. The zero-order valence-corrected chi connectivity index (χ0v) is 19.2. The van der Waals surface area contributed by atoms with Gasteiger partial charge in [0.15, 0.2) is 0 Å². The van der Waals surface area contributed by atoms with E-state index in [2.05, 4.69) is 26.2 Å². The lowest BCUT2D eigenvalue weighted by Gasteiger charge is -2.45. The molecule has 154 valence electrons. The van der Waals surface area contributed by atoms with Crippen molar-refractivity contribution < 1.29 is 14.3 Å². The molecule has 1 N–H and O–H groups in total. The van der Waals surface area contributed by atoms with E-state index in [0.717, 1.165) is 5.69 Å². The molecule has 2 aliphatic rings. The number of carbonyl (C=O) groups excluding carboxylic acids is 2. The predicted molar refractivity (Wildman–Crippen MR) is 117 cm³/mol. The zero-order chi connectivity index (χ0) is 21.1. The molecule has 4 rings (SSSR count). The summed E-state index contributed by atoms with van der Waals surface area (Å²) in [5.41, 5.74) is 1.40. The van der Waals surface area contributed by atoms with E-state index in [1.54, 1.807) is 17.2 Å². The van der Waals surface area contributed by atoms with Crippen LogP contribution < -0.4 is 10.2 Å². The first-order valence-electron chi connectivity index (χ1n) is 9.08. The van der Waals surface area contributed by atoms with Crippen LogP contribution in [0.25, 0.3) is 10.9 Å². The normalized spacial score (nSPS) is 19.0. The first-order chi connectivity index (χ1) is 13.6. The molecule has 10 heteroatoms. The number of nitrogens with one attached hydrogen (secondary N) is 1. The van der Waals surface area contributed by atoms with Crippen LogP contribution in [0.15, 0.2) is 16.7 Å². The van der Waals surface area contributed by atoms with Gasteiger partial charge in [0, 0.05) is 22.9 Å². The molecule has 2 aliphatic heterocycles. The fourth-order valence-corrected chi connectivity index (χ4v) is 4.58. The number of amides is 2. The largest absolute Gasteiger partial charge is 0.444 e. The van der Waals surface area contributed by atoms with Gasteiger partial charge in [-0.3, -0.25) is 9.78 Å². The standard InChI is InChI=1S/C19H19BrCl2N4O3/c1-19(2,3)29-18(28)25-4-5-26-12(8-25)17(27)24-11-7-23-10-6-9(20)14(21)15(22)13(10)16(11)26/h6-7,12H,4-5,8H2,1-3H3,(H,24,27)/t12-/m1/s1. The summed E-state index contributed by atoms with van der Waals surface area (Å²) in [6, 6.07) is 1.24. The molecule has 0 unspecified atom stereocenters. The minimum absolute atomic E-state index is 0.203. The third-order valence-corrected chi connectivity index (χ3v) is 6.57. The quantitative estimate of drug-likeness (QED) is 0.530. The van der Waals surface area contributed by atoms with Gasteiger partial charge in [0.05, 0.1) is 39.7 Å². The molecule has 1 aromatic heterocycles. The van der Waals surface area contributed by atoms with E-state index in [0.29, 0.717) is 44.2 Å². The second kappa shape index (κ2) is 7.18. The molecule has 0 radical (unpaired) electrons.